The van der Waals surface area contributed by atoms with Crippen LogP contribution < -0.4 is 10.6 Å². The molecule has 6 nitrogen and oxygen atoms in total. The van der Waals surface area contributed by atoms with Crippen LogP contribution in [-0.4, -0.2) is 48.2 Å². The maximum Gasteiger partial charge on any atom is 0.432 e. The summed E-state index contributed by atoms with van der Waals surface area (Å²) in [5.74, 6) is -1.03. The molecule has 3 N–H and O–H groups in total. The van der Waals surface area contributed by atoms with Crippen molar-refractivity contribution in [1.82, 2.24) is 20.6 Å². The lowest BCUT2D eigenvalue weighted by Crippen LogP contribution is -2.53. The van der Waals surface area contributed by atoms with Crippen molar-refractivity contribution < 1.29 is 22.7 Å². The third-order valence-electron chi connectivity index (χ3n) is 3.14. The average molecular weight is 292 g/mol. The molecule has 1 aliphatic heterocycles. The Labute approximate surface area is 113 Å². The Bertz CT molecular complexity index is 474. The molecule has 0 spiro atoms. The van der Waals surface area contributed by atoms with Gasteiger partial charge in [0, 0.05) is 13.7 Å². The molecular formula is C11H15F3N4O2. The van der Waals surface area contributed by atoms with Crippen molar-refractivity contribution in [2.24, 2.45) is 0 Å². The predicted octanol–water partition coefficient (Wildman–Crippen LogP) is 0.535. The predicted molar refractivity (Wildman–Crippen MR) is 63.1 cm³/mol. The number of aromatic nitrogens is 2. The van der Waals surface area contributed by atoms with Gasteiger partial charge in [0.15, 0.2) is 5.82 Å². The number of nitrogens with one attached hydrogen (secondary N) is 3. The molecule has 1 fully saturated rings. The first kappa shape index (κ1) is 14.8. The monoisotopic (exact) mass is 292 g/mol. The van der Waals surface area contributed by atoms with Crippen molar-refractivity contribution in [1.29, 1.82) is 0 Å². The third kappa shape index (κ3) is 3.28. The molecule has 2 atom stereocenters. The van der Waals surface area contributed by atoms with Crippen molar-refractivity contribution in [3.8, 4) is 0 Å². The largest absolute Gasteiger partial charge is 0.432 e. The highest BCUT2D eigenvalue weighted by atomic mass is 19.4. The summed E-state index contributed by atoms with van der Waals surface area (Å²) in [5.41, 5.74) is -1.05. The van der Waals surface area contributed by atoms with Gasteiger partial charge in [-0.05, 0) is 13.0 Å². The first-order valence-corrected chi connectivity index (χ1v) is 6.08. The van der Waals surface area contributed by atoms with Gasteiger partial charge in [0.1, 0.15) is 5.69 Å². The van der Waals surface area contributed by atoms with Crippen molar-refractivity contribution in [3.63, 3.8) is 0 Å². The molecule has 1 aromatic heterocycles. The van der Waals surface area contributed by atoms with Gasteiger partial charge in [0.05, 0.1) is 18.3 Å². The van der Waals surface area contributed by atoms with Gasteiger partial charge in [-0.25, -0.2) is 4.98 Å². The Hall–Kier alpha value is -1.61. The number of ether oxygens (including phenoxy) is 1. The number of hydrogen-bond donors (Lipinski definition) is 3. The second-order valence-electron chi connectivity index (χ2n) is 4.49. The summed E-state index contributed by atoms with van der Waals surface area (Å²) in [7, 11) is 1.52. The molecule has 1 aliphatic rings. The number of methoxy groups -OCH3 is 1. The van der Waals surface area contributed by atoms with Crippen LogP contribution in [0.25, 0.3) is 0 Å². The van der Waals surface area contributed by atoms with Crippen LogP contribution in [0.15, 0.2) is 6.20 Å². The van der Waals surface area contributed by atoms with Crippen molar-refractivity contribution in [3.05, 3.63) is 17.7 Å². The highest BCUT2D eigenvalue weighted by molar-refractivity contribution is 5.90. The first-order chi connectivity index (χ1) is 9.41. The van der Waals surface area contributed by atoms with E-state index in [2.05, 4.69) is 15.6 Å². The SMILES string of the molecule is COC1CNCCC1NC(=O)c1ncc(C(F)(F)F)[nH]1. The number of carbonyl (C=O) groups is 1. The van der Waals surface area contributed by atoms with Crippen LogP contribution in [0.5, 0.6) is 0 Å². The van der Waals surface area contributed by atoms with E-state index in [1.54, 1.807) is 0 Å². The van der Waals surface area contributed by atoms with E-state index < -0.39 is 17.8 Å². The van der Waals surface area contributed by atoms with E-state index in [0.29, 0.717) is 25.7 Å². The smallest absolute Gasteiger partial charge is 0.378 e. The summed E-state index contributed by atoms with van der Waals surface area (Å²) in [5, 5.41) is 5.74. The molecule has 2 heterocycles. The van der Waals surface area contributed by atoms with E-state index >= 15 is 0 Å². The van der Waals surface area contributed by atoms with E-state index in [-0.39, 0.29) is 18.0 Å². The van der Waals surface area contributed by atoms with Crippen LogP contribution in [0.4, 0.5) is 13.2 Å². The van der Waals surface area contributed by atoms with Gasteiger partial charge in [-0.15, -0.1) is 0 Å². The lowest BCUT2D eigenvalue weighted by Gasteiger charge is -2.31. The van der Waals surface area contributed by atoms with Crippen LogP contribution in [0.1, 0.15) is 22.7 Å². The fourth-order valence-corrected chi connectivity index (χ4v) is 2.06. The van der Waals surface area contributed by atoms with Gasteiger partial charge in [0.25, 0.3) is 5.91 Å². The molecule has 0 radical (unpaired) electrons. The summed E-state index contributed by atoms with van der Waals surface area (Å²) in [6.07, 6.45) is -3.53. The third-order valence-corrected chi connectivity index (χ3v) is 3.14. The molecule has 20 heavy (non-hydrogen) atoms. The van der Waals surface area contributed by atoms with Crippen LogP contribution in [0, 0.1) is 0 Å². The minimum atomic E-state index is -4.55. The van der Waals surface area contributed by atoms with Crippen molar-refractivity contribution in [2.75, 3.05) is 20.2 Å². The molecule has 1 amide bonds. The van der Waals surface area contributed by atoms with E-state index in [1.165, 1.54) is 7.11 Å². The van der Waals surface area contributed by atoms with Crippen molar-refractivity contribution in [2.45, 2.75) is 24.7 Å². The van der Waals surface area contributed by atoms with Gasteiger partial charge in [0.2, 0.25) is 0 Å². The maximum absolute atomic E-state index is 12.4. The molecular weight excluding hydrogens is 277 g/mol. The maximum atomic E-state index is 12.4. The summed E-state index contributed by atoms with van der Waals surface area (Å²) >= 11 is 0. The van der Waals surface area contributed by atoms with E-state index in [9.17, 15) is 18.0 Å². The molecule has 1 saturated heterocycles. The molecule has 2 unspecified atom stereocenters. The number of nitrogens with zero attached hydrogens (tertiary/aromatic N) is 1. The molecule has 0 bridgehead atoms. The number of hydrogen-bond acceptors (Lipinski definition) is 4. The summed E-state index contributed by atoms with van der Waals surface area (Å²) in [6.45, 7) is 1.28. The second-order valence-corrected chi connectivity index (χ2v) is 4.49. The van der Waals surface area contributed by atoms with E-state index in [4.69, 9.17) is 4.74 Å². The topological polar surface area (TPSA) is 79.0 Å². The lowest BCUT2D eigenvalue weighted by atomic mass is 10.0. The fourth-order valence-electron chi connectivity index (χ4n) is 2.06. The highest BCUT2D eigenvalue weighted by Gasteiger charge is 2.34. The van der Waals surface area contributed by atoms with Crippen LogP contribution >= 0.6 is 0 Å². The van der Waals surface area contributed by atoms with Crippen LogP contribution in [0.3, 0.4) is 0 Å². The fraction of sp³-hybridized carbons (Fsp3) is 0.636. The minimum Gasteiger partial charge on any atom is -0.378 e. The Balaban J connectivity index is 2.02. The zero-order chi connectivity index (χ0) is 14.8. The number of imidazole rings is 1. The van der Waals surface area contributed by atoms with Crippen LogP contribution in [0.2, 0.25) is 0 Å². The van der Waals surface area contributed by atoms with Crippen LogP contribution in [-0.2, 0) is 10.9 Å². The molecule has 9 heteroatoms. The zero-order valence-electron chi connectivity index (χ0n) is 10.8. The first-order valence-electron chi connectivity index (χ1n) is 6.08. The molecule has 0 aromatic carbocycles. The molecule has 0 saturated carbocycles. The number of alkyl halides is 3. The standard InChI is InChI=1S/C11H15F3N4O2/c1-20-7-4-15-3-2-6(7)17-10(19)9-16-5-8(18-9)11(12,13)14/h5-7,15H,2-4H2,1H3,(H,16,18)(H,17,19). The molecule has 0 aliphatic carbocycles. The number of rotatable bonds is 3. The van der Waals surface area contributed by atoms with Gasteiger partial charge in [-0.3, -0.25) is 4.79 Å². The number of aromatic amines is 1. The number of halogens is 3. The highest BCUT2D eigenvalue weighted by Crippen LogP contribution is 2.27. The number of amides is 1. The lowest BCUT2D eigenvalue weighted by molar-refractivity contribution is -0.140. The summed E-state index contributed by atoms with van der Waals surface area (Å²) < 4.78 is 42.4. The molecule has 1 aromatic rings. The Morgan fingerprint density at radius 2 is 2.30 bits per heavy atom. The molecule has 112 valence electrons. The molecule has 2 rings (SSSR count). The quantitative estimate of drug-likeness (QED) is 0.759. The Morgan fingerprint density at radius 1 is 1.55 bits per heavy atom. The summed E-state index contributed by atoms with van der Waals surface area (Å²) in [6, 6.07) is -0.256. The summed E-state index contributed by atoms with van der Waals surface area (Å²) in [4.78, 5) is 17.3. The normalized spacial score (nSPS) is 23.6. The number of piperidine rings is 1. The average Bonchev–Trinajstić information content (AvgIpc) is 2.89. The van der Waals surface area contributed by atoms with E-state index in [0.717, 1.165) is 0 Å². The number of carbonyl (C=O) groups excluding carboxylic acids is 1. The van der Waals surface area contributed by atoms with Gasteiger partial charge < -0.3 is 20.4 Å². The Morgan fingerprint density at radius 3 is 2.90 bits per heavy atom. The second kappa shape index (κ2) is 5.80. The van der Waals surface area contributed by atoms with Gasteiger partial charge in [-0.1, -0.05) is 0 Å². The number of H-pyrrole nitrogens is 1. The van der Waals surface area contributed by atoms with Gasteiger partial charge >= 0.3 is 6.18 Å². The van der Waals surface area contributed by atoms with E-state index in [1.807, 2.05) is 4.98 Å². The minimum absolute atomic E-state index is 0.218. The Kier molecular flexibility index (Phi) is 4.29. The van der Waals surface area contributed by atoms with Crippen molar-refractivity contribution >= 4 is 5.91 Å². The zero-order valence-corrected chi connectivity index (χ0v) is 10.8. The van der Waals surface area contributed by atoms with Gasteiger partial charge in [-0.2, -0.15) is 13.2 Å².